The normalized spacial score (nSPS) is 9.15. The second kappa shape index (κ2) is 4.13. The third-order valence-corrected chi connectivity index (χ3v) is 1.64. The predicted molar refractivity (Wildman–Crippen MR) is 49.0 cm³/mol. The Kier molecular flexibility index (Phi) is 3.13. The number of benzene rings is 1. The van der Waals surface area contributed by atoms with Crippen molar-refractivity contribution in [2.45, 2.75) is 0 Å². The zero-order valence-electron chi connectivity index (χ0n) is 6.64. The highest BCUT2D eigenvalue weighted by atomic mass is 35.5. The molecular weight excluding hydrogens is 193 g/mol. The highest BCUT2D eigenvalue weighted by Gasteiger charge is 2.05. The Bertz CT molecular complexity index is 381. The van der Waals surface area contributed by atoms with Gasteiger partial charge in [0.05, 0.1) is 17.1 Å². The average molecular weight is 200 g/mol. The van der Waals surface area contributed by atoms with Crippen LogP contribution in [0, 0.1) is 17.7 Å². The van der Waals surface area contributed by atoms with E-state index in [9.17, 15) is 9.50 Å². The number of hydrogen-bond donors (Lipinski definition) is 2. The molecule has 0 aromatic heterocycles. The van der Waals surface area contributed by atoms with Crippen molar-refractivity contribution < 1.29 is 9.50 Å². The van der Waals surface area contributed by atoms with Gasteiger partial charge in [-0.1, -0.05) is 23.4 Å². The van der Waals surface area contributed by atoms with Crippen LogP contribution in [0.4, 0.5) is 4.39 Å². The van der Waals surface area contributed by atoms with Gasteiger partial charge in [0.25, 0.3) is 0 Å². The van der Waals surface area contributed by atoms with E-state index in [1.54, 1.807) is 0 Å². The summed E-state index contributed by atoms with van der Waals surface area (Å²) in [5, 5.41) is 9.25. The summed E-state index contributed by atoms with van der Waals surface area (Å²) in [6.07, 6.45) is 0. The molecule has 0 unspecified atom stereocenters. The first kappa shape index (κ1) is 9.85. The van der Waals surface area contributed by atoms with Crippen LogP contribution in [0.1, 0.15) is 5.56 Å². The summed E-state index contributed by atoms with van der Waals surface area (Å²) < 4.78 is 12.7. The molecule has 0 radical (unpaired) electrons. The molecule has 2 nitrogen and oxygen atoms in total. The Balaban J connectivity index is 3.20. The Morgan fingerprint density at radius 3 is 2.85 bits per heavy atom. The number of phenolic OH excluding ortho intramolecular Hbond substituents is 1. The number of rotatable bonds is 0. The van der Waals surface area contributed by atoms with Crippen molar-refractivity contribution in [3.05, 3.63) is 28.5 Å². The van der Waals surface area contributed by atoms with Gasteiger partial charge < -0.3 is 10.8 Å². The van der Waals surface area contributed by atoms with Gasteiger partial charge in [-0.25, -0.2) is 4.39 Å². The second-order valence-electron chi connectivity index (χ2n) is 2.29. The highest BCUT2D eigenvalue weighted by molar-refractivity contribution is 6.32. The fourth-order valence-electron chi connectivity index (χ4n) is 0.808. The molecule has 0 saturated heterocycles. The zero-order valence-corrected chi connectivity index (χ0v) is 7.40. The van der Waals surface area contributed by atoms with Crippen LogP contribution >= 0.6 is 11.6 Å². The van der Waals surface area contributed by atoms with Crippen molar-refractivity contribution in [2.24, 2.45) is 5.73 Å². The van der Waals surface area contributed by atoms with Crippen molar-refractivity contribution >= 4 is 11.6 Å². The number of halogens is 2. The fourth-order valence-corrected chi connectivity index (χ4v) is 1.01. The first-order valence-electron chi connectivity index (χ1n) is 3.52. The van der Waals surface area contributed by atoms with Gasteiger partial charge in [0, 0.05) is 0 Å². The summed E-state index contributed by atoms with van der Waals surface area (Å²) in [4.78, 5) is 0. The van der Waals surface area contributed by atoms with E-state index in [-0.39, 0.29) is 22.9 Å². The standard InChI is InChI=1S/C9H7ClFNO/c10-8-5-7(11)4-6(9(8)13)2-1-3-12/h4-5,13H,3,12H2. The monoisotopic (exact) mass is 199 g/mol. The molecule has 0 saturated carbocycles. The van der Waals surface area contributed by atoms with Gasteiger partial charge in [-0.05, 0) is 12.1 Å². The number of aromatic hydroxyl groups is 1. The van der Waals surface area contributed by atoms with Crippen molar-refractivity contribution in [3.8, 4) is 17.6 Å². The summed E-state index contributed by atoms with van der Waals surface area (Å²) in [5.41, 5.74) is 5.27. The molecule has 0 aliphatic heterocycles. The molecule has 0 aliphatic rings. The van der Waals surface area contributed by atoms with Crippen LogP contribution in [0.5, 0.6) is 5.75 Å². The number of nitrogens with two attached hydrogens (primary N) is 1. The largest absolute Gasteiger partial charge is 0.505 e. The zero-order chi connectivity index (χ0) is 9.84. The molecule has 1 aromatic carbocycles. The van der Waals surface area contributed by atoms with E-state index in [1.165, 1.54) is 0 Å². The maximum absolute atomic E-state index is 12.7. The van der Waals surface area contributed by atoms with E-state index in [1.807, 2.05) is 0 Å². The van der Waals surface area contributed by atoms with Crippen molar-refractivity contribution in [2.75, 3.05) is 6.54 Å². The van der Waals surface area contributed by atoms with Gasteiger partial charge in [-0.3, -0.25) is 0 Å². The molecule has 0 aliphatic carbocycles. The minimum absolute atomic E-state index is 0.0543. The minimum atomic E-state index is -0.538. The van der Waals surface area contributed by atoms with Crippen molar-refractivity contribution in [1.82, 2.24) is 0 Å². The van der Waals surface area contributed by atoms with Gasteiger partial charge >= 0.3 is 0 Å². The summed E-state index contributed by atoms with van der Waals surface area (Å²) >= 11 is 5.51. The van der Waals surface area contributed by atoms with Gasteiger partial charge in [-0.2, -0.15) is 0 Å². The summed E-state index contributed by atoms with van der Waals surface area (Å²) in [7, 11) is 0. The maximum atomic E-state index is 12.7. The van der Waals surface area contributed by atoms with Crippen LogP contribution in [0.15, 0.2) is 12.1 Å². The topological polar surface area (TPSA) is 46.2 Å². The fraction of sp³-hybridized carbons (Fsp3) is 0.111. The molecule has 1 aromatic rings. The second-order valence-corrected chi connectivity index (χ2v) is 2.70. The first-order valence-corrected chi connectivity index (χ1v) is 3.90. The van der Waals surface area contributed by atoms with E-state index >= 15 is 0 Å². The van der Waals surface area contributed by atoms with Crippen molar-refractivity contribution in [3.63, 3.8) is 0 Å². The van der Waals surface area contributed by atoms with E-state index in [0.29, 0.717) is 0 Å². The molecule has 4 heteroatoms. The van der Waals surface area contributed by atoms with E-state index in [0.717, 1.165) is 12.1 Å². The van der Waals surface area contributed by atoms with E-state index in [4.69, 9.17) is 17.3 Å². The molecule has 0 atom stereocenters. The lowest BCUT2D eigenvalue weighted by Crippen LogP contribution is -1.93. The number of phenols is 1. The Morgan fingerprint density at radius 1 is 1.54 bits per heavy atom. The van der Waals surface area contributed by atoms with Crippen molar-refractivity contribution in [1.29, 1.82) is 0 Å². The summed E-state index contributed by atoms with van der Waals surface area (Å²) in [6.45, 7) is 0.146. The Hall–Kier alpha value is -1.24. The molecular formula is C9H7ClFNO. The van der Waals surface area contributed by atoms with E-state index < -0.39 is 5.82 Å². The van der Waals surface area contributed by atoms with Gasteiger partial charge in [0.2, 0.25) is 0 Å². The van der Waals surface area contributed by atoms with E-state index in [2.05, 4.69) is 11.8 Å². The predicted octanol–water partition coefficient (Wildman–Crippen LogP) is 1.49. The molecule has 0 amide bonds. The molecule has 3 N–H and O–H groups in total. The Morgan fingerprint density at radius 2 is 2.23 bits per heavy atom. The Labute approximate surface area is 80.1 Å². The lowest BCUT2D eigenvalue weighted by molar-refractivity contribution is 0.471. The third-order valence-electron chi connectivity index (χ3n) is 1.35. The first-order chi connectivity index (χ1) is 6.15. The van der Waals surface area contributed by atoms with Crippen LogP contribution in [0.3, 0.4) is 0 Å². The SMILES string of the molecule is NCC#Cc1cc(F)cc(Cl)c1O. The number of hydrogen-bond acceptors (Lipinski definition) is 2. The summed E-state index contributed by atoms with van der Waals surface area (Å²) in [5.74, 6) is 4.24. The molecule has 0 heterocycles. The summed E-state index contributed by atoms with van der Waals surface area (Å²) in [6, 6.07) is 2.12. The third kappa shape index (κ3) is 2.35. The van der Waals surface area contributed by atoms with Crippen LogP contribution < -0.4 is 5.73 Å². The maximum Gasteiger partial charge on any atom is 0.149 e. The van der Waals surface area contributed by atoms with Crippen LogP contribution in [-0.4, -0.2) is 11.7 Å². The molecule has 0 spiro atoms. The average Bonchev–Trinajstić information content (AvgIpc) is 2.09. The van der Waals surface area contributed by atoms with Crippen LogP contribution in [0.2, 0.25) is 5.02 Å². The minimum Gasteiger partial charge on any atom is -0.505 e. The van der Waals surface area contributed by atoms with Gasteiger partial charge in [0.15, 0.2) is 0 Å². The van der Waals surface area contributed by atoms with Gasteiger partial charge in [-0.15, -0.1) is 0 Å². The molecule has 68 valence electrons. The quantitative estimate of drug-likeness (QED) is 0.622. The molecule has 1 rings (SSSR count). The van der Waals surface area contributed by atoms with Crippen LogP contribution in [-0.2, 0) is 0 Å². The van der Waals surface area contributed by atoms with Crippen LogP contribution in [0.25, 0.3) is 0 Å². The molecule has 0 bridgehead atoms. The van der Waals surface area contributed by atoms with Gasteiger partial charge in [0.1, 0.15) is 11.6 Å². The highest BCUT2D eigenvalue weighted by Crippen LogP contribution is 2.27. The lowest BCUT2D eigenvalue weighted by Gasteiger charge is -1.99. The molecule has 0 fully saturated rings. The smallest absolute Gasteiger partial charge is 0.149 e. The lowest BCUT2D eigenvalue weighted by atomic mass is 10.2. The molecule has 13 heavy (non-hydrogen) atoms.